The van der Waals surface area contributed by atoms with Gasteiger partial charge >= 0.3 is 12.3 Å². The second-order valence-electron chi connectivity index (χ2n) is 4.23. The molecule has 0 heterocycles. The molecule has 3 N–H and O–H groups in total. The number of hydrogen-bond donors (Lipinski definition) is 2. The molecule has 21 heavy (non-hydrogen) atoms. The molecule has 3 nitrogen and oxygen atoms in total. The molecule has 0 unspecified atom stereocenters. The lowest BCUT2D eigenvalue weighted by Crippen LogP contribution is -2.41. The molecule has 1 aromatic carbocycles. The summed E-state index contributed by atoms with van der Waals surface area (Å²) in [7, 11) is 0. The van der Waals surface area contributed by atoms with Crippen molar-refractivity contribution in [2.45, 2.75) is 19.3 Å². The number of hydrogen-bond acceptors (Lipinski definition) is 2. The number of amides is 1. The van der Waals surface area contributed by atoms with Gasteiger partial charge in [0.2, 0.25) is 0 Å². The summed E-state index contributed by atoms with van der Waals surface area (Å²) in [6.07, 6.45) is -3.83. The highest BCUT2D eigenvalue weighted by Crippen LogP contribution is 2.22. The molecule has 0 saturated carbocycles. The molecular formula is C14H14F4N2O. The number of carbonyl (C=O) groups excluding carboxylic acids is 1. The van der Waals surface area contributed by atoms with Gasteiger partial charge in [0, 0.05) is 11.1 Å². The van der Waals surface area contributed by atoms with Crippen molar-refractivity contribution in [1.29, 1.82) is 0 Å². The van der Waals surface area contributed by atoms with Crippen LogP contribution in [0.1, 0.15) is 21.5 Å². The maximum Gasteiger partial charge on any atom is 0.324 e. The molecule has 1 amide bonds. The Kier molecular flexibility index (Phi) is 5.73. The van der Waals surface area contributed by atoms with Crippen LogP contribution < -0.4 is 11.1 Å². The van der Waals surface area contributed by atoms with Gasteiger partial charge in [0.1, 0.15) is 0 Å². The Morgan fingerprint density at radius 1 is 1.43 bits per heavy atom. The van der Waals surface area contributed by atoms with Crippen molar-refractivity contribution in [3.05, 3.63) is 34.9 Å². The average Bonchev–Trinajstić information content (AvgIpc) is 2.43. The number of rotatable bonds is 4. The van der Waals surface area contributed by atoms with E-state index in [-0.39, 0.29) is 12.1 Å². The Morgan fingerprint density at radius 3 is 2.67 bits per heavy atom. The minimum atomic E-state index is -4.26. The summed E-state index contributed by atoms with van der Waals surface area (Å²) in [6.45, 7) is 0.290. The number of carbonyl (C=O) groups is 1. The molecule has 7 heteroatoms. The van der Waals surface area contributed by atoms with Gasteiger partial charge < -0.3 is 11.1 Å². The molecule has 0 aliphatic heterocycles. The van der Waals surface area contributed by atoms with Crippen LogP contribution in [0.5, 0.6) is 0 Å². The van der Waals surface area contributed by atoms with Crippen LogP contribution in [0.2, 0.25) is 0 Å². The number of benzene rings is 1. The van der Waals surface area contributed by atoms with Crippen LogP contribution in [-0.4, -0.2) is 31.3 Å². The van der Waals surface area contributed by atoms with E-state index in [1.165, 1.54) is 12.1 Å². The van der Waals surface area contributed by atoms with E-state index < -0.39 is 24.8 Å². The van der Waals surface area contributed by atoms with Crippen molar-refractivity contribution in [3.63, 3.8) is 0 Å². The van der Waals surface area contributed by atoms with E-state index in [0.717, 1.165) is 0 Å². The number of nitrogens with one attached hydrogen (secondary N) is 1. The van der Waals surface area contributed by atoms with Gasteiger partial charge in [0.25, 0.3) is 5.91 Å². The highest BCUT2D eigenvalue weighted by molar-refractivity contribution is 5.96. The fraction of sp³-hybridized carbons (Fsp3) is 0.357. The second kappa shape index (κ2) is 7.09. The fourth-order valence-corrected chi connectivity index (χ4v) is 1.53. The second-order valence-corrected chi connectivity index (χ2v) is 4.23. The van der Waals surface area contributed by atoms with Crippen molar-refractivity contribution < 1.29 is 22.4 Å². The molecular weight excluding hydrogens is 288 g/mol. The van der Waals surface area contributed by atoms with Gasteiger partial charge in [-0.05, 0) is 24.6 Å². The highest BCUT2D eigenvalue weighted by atomic mass is 19.3. The van der Waals surface area contributed by atoms with Crippen molar-refractivity contribution in [2.24, 2.45) is 5.73 Å². The van der Waals surface area contributed by atoms with E-state index in [0.29, 0.717) is 11.1 Å². The predicted octanol–water partition coefficient (Wildman–Crippen LogP) is 1.94. The molecule has 0 saturated heterocycles. The Labute approximate surface area is 119 Å². The predicted molar refractivity (Wildman–Crippen MR) is 70.4 cm³/mol. The molecule has 0 radical (unpaired) electrons. The summed E-state index contributed by atoms with van der Waals surface area (Å²) in [5, 5.41) is 1.80. The van der Waals surface area contributed by atoms with Crippen LogP contribution in [0.3, 0.4) is 0 Å². The smallest absolute Gasteiger partial charge is 0.324 e. The van der Waals surface area contributed by atoms with Crippen LogP contribution in [0.15, 0.2) is 18.2 Å². The van der Waals surface area contributed by atoms with Gasteiger partial charge in [-0.15, -0.1) is 0 Å². The van der Waals surface area contributed by atoms with Crippen molar-refractivity contribution in [3.8, 4) is 11.8 Å². The van der Waals surface area contributed by atoms with Gasteiger partial charge in [-0.25, -0.2) is 8.78 Å². The summed E-state index contributed by atoms with van der Waals surface area (Å²) >= 11 is 0. The third-order valence-corrected chi connectivity index (χ3v) is 2.71. The molecule has 0 fully saturated rings. The third-order valence-electron chi connectivity index (χ3n) is 2.71. The third kappa shape index (κ3) is 4.46. The number of alkyl halides is 4. The minimum absolute atomic E-state index is 0.101. The summed E-state index contributed by atoms with van der Waals surface area (Å²) in [5.41, 5.74) is 6.33. The monoisotopic (exact) mass is 302 g/mol. The minimum Gasteiger partial charge on any atom is -0.346 e. The molecule has 0 aromatic heterocycles. The first kappa shape index (κ1) is 17.0. The van der Waals surface area contributed by atoms with Gasteiger partial charge in [-0.3, -0.25) is 4.79 Å². The lowest BCUT2D eigenvalue weighted by Gasteiger charge is -2.16. The Bertz CT molecular complexity index is 576. The summed E-state index contributed by atoms with van der Waals surface area (Å²) in [5.74, 6) is 0.224. The van der Waals surface area contributed by atoms with Gasteiger partial charge in [0.15, 0.2) is 0 Å². The number of nitrogens with two attached hydrogens (primary N) is 1. The molecule has 0 spiro atoms. The first-order chi connectivity index (χ1) is 9.79. The van der Waals surface area contributed by atoms with Gasteiger partial charge in [-0.2, -0.15) is 8.78 Å². The Morgan fingerprint density at radius 2 is 2.10 bits per heavy atom. The van der Waals surface area contributed by atoms with Crippen LogP contribution in [0.25, 0.3) is 0 Å². The summed E-state index contributed by atoms with van der Waals surface area (Å²) in [4.78, 5) is 11.8. The quantitative estimate of drug-likeness (QED) is 0.659. The van der Waals surface area contributed by atoms with E-state index in [2.05, 4.69) is 11.8 Å². The lowest BCUT2D eigenvalue weighted by molar-refractivity contribution is -0.123. The van der Waals surface area contributed by atoms with E-state index >= 15 is 0 Å². The lowest BCUT2D eigenvalue weighted by atomic mass is 10.0. The number of halogens is 4. The van der Waals surface area contributed by atoms with Crippen molar-refractivity contribution >= 4 is 5.91 Å². The summed E-state index contributed by atoms with van der Waals surface area (Å²) < 4.78 is 49.6. The van der Waals surface area contributed by atoms with Crippen LogP contribution in [0.4, 0.5) is 17.6 Å². The van der Waals surface area contributed by atoms with E-state index in [1.54, 1.807) is 18.3 Å². The van der Waals surface area contributed by atoms with Crippen LogP contribution in [0, 0.1) is 18.8 Å². The molecule has 114 valence electrons. The SMILES string of the molecule is Cc1c(C#CCN)cccc1C(=O)NCC(F)(F)C(F)F. The van der Waals surface area contributed by atoms with Crippen LogP contribution >= 0.6 is 0 Å². The van der Waals surface area contributed by atoms with E-state index in [9.17, 15) is 22.4 Å². The zero-order valence-electron chi connectivity index (χ0n) is 11.2. The van der Waals surface area contributed by atoms with Crippen molar-refractivity contribution in [1.82, 2.24) is 5.32 Å². The van der Waals surface area contributed by atoms with Crippen LogP contribution in [-0.2, 0) is 0 Å². The maximum absolute atomic E-state index is 12.8. The fourth-order valence-electron chi connectivity index (χ4n) is 1.53. The molecule has 0 aliphatic carbocycles. The van der Waals surface area contributed by atoms with Gasteiger partial charge in [-0.1, -0.05) is 17.9 Å². The van der Waals surface area contributed by atoms with E-state index in [1.807, 2.05) is 0 Å². The zero-order chi connectivity index (χ0) is 16.0. The van der Waals surface area contributed by atoms with Crippen molar-refractivity contribution in [2.75, 3.05) is 13.1 Å². The molecule has 1 rings (SSSR count). The topological polar surface area (TPSA) is 55.1 Å². The molecule has 1 aromatic rings. The summed E-state index contributed by atoms with van der Waals surface area (Å²) in [6, 6.07) is 4.56. The maximum atomic E-state index is 12.8. The molecule has 0 bridgehead atoms. The largest absolute Gasteiger partial charge is 0.346 e. The Balaban J connectivity index is 2.89. The first-order valence-electron chi connectivity index (χ1n) is 6.02. The molecule has 0 aliphatic rings. The standard InChI is InChI=1S/C14H14F4N2O/c1-9-10(5-3-7-19)4-2-6-11(9)12(21)20-8-14(17,18)13(15)16/h2,4,6,13H,7-8,19H2,1H3,(H,20,21). The Hall–Kier alpha value is -2.07. The average molecular weight is 302 g/mol. The molecule has 0 atom stereocenters. The highest BCUT2D eigenvalue weighted by Gasteiger charge is 2.40. The van der Waals surface area contributed by atoms with Gasteiger partial charge in [0.05, 0.1) is 13.1 Å². The van der Waals surface area contributed by atoms with E-state index in [4.69, 9.17) is 5.73 Å². The normalized spacial score (nSPS) is 11.0. The first-order valence-corrected chi connectivity index (χ1v) is 6.02. The zero-order valence-corrected chi connectivity index (χ0v) is 11.2.